The summed E-state index contributed by atoms with van der Waals surface area (Å²) in [6.45, 7) is 3.05. The summed E-state index contributed by atoms with van der Waals surface area (Å²) in [6.07, 6.45) is 2.52. The van der Waals surface area contributed by atoms with Gasteiger partial charge in [-0.1, -0.05) is 29.8 Å². The van der Waals surface area contributed by atoms with Crippen molar-refractivity contribution in [3.05, 3.63) is 93.0 Å². The predicted molar refractivity (Wildman–Crippen MR) is 129 cm³/mol. The first-order valence-electron chi connectivity index (χ1n) is 10.4. The lowest BCUT2D eigenvalue weighted by Gasteiger charge is -2.10. The van der Waals surface area contributed by atoms with Crippen LogP contribution in [0.5, 0.6) is 11.6 Å². The Labute approximate surface area is 204 Å². The van der Waals surface area contributed by atoms with Crippen LogP contribution in [0.3, 0.4) is 0 Å². The zero-order chi connectivity index (χ0) is 24.9. The number of aryl methyl sites for hydroxylation is 2. The first kappa shape index (κ1) is 23.6. The van der Waals surface area contributed by atoms with Crippen molar-refractivity contribution >= 4 is 29.5 Å². The second kappa shape index (κ2) is 10.2. The summed E-state index contributed by atoms with van der Waals surface area (Å²) in [4.78, 5) is 26.8. The SMILES string of the molecule is Cc1nn(-c2ccccc2)c(Oc2ccc(Cl)cc2)c1/C=N/NC(=O)Cn1c([N+](=O)[O-])cnc1C. The standard InChI is InChI=1S/C23H20ClN7O4/c1-15-20(12-26-27-21(32)14-29-16(2)25-13-22(29)31(33)34)23(35-19-10-8-17(24)9-11-19)30(28-15)18-6-4-3-5-7-18/h3-13H,14H2,1-2H3,(H,27,32)/b26-12+. The van der Waals surface area contributed by atoms with Gasteiger partial charge >= 0.3 is 5.82 Å². The molecule has 12 heteroatoms. The average Bonchev–Trinajstić information content (AvgIpc) is 3.35. The van der Waals surface area contributed by atoms with Crippen molar-refractivity contribution in [2.75, 3.05) is 0 Å². The van der Waals surface area contributed by atoms with Crippen LogP contribution in [0.1, 0.15) is 17.1 Å². The van der Waals surface area contributed by atoms with Crippen molar-refractivity contribution in [3.8, 4) is 17.3 Å². The first-order chi connectivity index (χ1) is 16.8. The number of carbonyl (C=O) groups excluding carboxylic acids is 1. The third-order valence-corrected chi connectivity index (χ3v) is 5.25. The molecule has 0 radical (unpaired) electrons. The molecule has 0 spiro atoms. The van der Waals surface area contributed by atoms with Gasteiger partial charge in [0.25, 0.3) is 5.91 Å². The van der Waals surface area contributed by atoms with Gasteiger partial charge < -0.3 is 14.9 Å². The van der Waals surface area contributed by atoms with Crippen molar-refractivity contribution < 1.29 is 14.5 Å². The number of hydrogen-bond acceptors (Lipinski definition) is 7. The molecular formula is C23H20ClN7O4. The number of hydrogen-bond donors (Lipinski definition) is 1. The zero-order valence-electron chi connectivity index (χ0n) is 18.8. The Bertz CT molecular complexity index is 1400. The maximum atomic E-state index is 12.4. The molecule has 1 amide bonds. The van der Waals surface area contributed by atoms with E-state index in [0.29, 0.717) is 33.7 Å². The molecule has 178 valence electrons. The fraction of sp³-hybridized carbons (Fsp3) is 0.130. The molecule has 0 aliphatic rings. The van der Waals surface area contributed by atoms with E-state index >= 15 is 0 Å². The minimum absolute atomic E-state index is 0.278. The Morgan fingerprint density at radius 3 is 2.60 bits per heavy atom. The molecule has 4 rings (SSSR count). The minimum Gasteiger partial charge on any atom is -0.438 e. The van der Waals surface area contributed by atoms with Gasteiger partial charge in [0.15, 0.2) is 12.4 Å². The third kappa shape index (κ3) is 5.36. The van der Waals surface area contributed by atoms with Crippen LogP contribution in [-0.2, 0) is 11.3 Å². The van der Waals surface area contributed by atoms with Gasteiger partial charge in [0.1, 0.15) is 11.9 Å². The molecule has 35 heavy (non-hydrogen) atoms. The Balaban J connectivity index is 1.59. The second-order valence-electron chi connectivity index (χ2n) is 7.41. The summed E-state index contributed by atoms with van der Waals surface area (Å²) in [7, 11) is 0. The number of rotatable bonds is 8. The number of hydrazone groups is 1. The normalized spacial score (nSPS) is 11.1. The highest BCUT2D eigenvalue weighted by Crippen LogP contribution is 2.30. The highest BCUT2D eigenvalue weighted by Gasteiger charge is 2.21. The van der Waals surface area contributed by atoms with Crippen LogP contribution >= 0.6 is 11.6 Å². The van der Waals surface area contributed by atoms with Gasteiger partial charge in [-0.25, -0.2) is 15.0 Å². The number of halogens is 1. The number of ether oxygens (including phenoxy) is 1. The molecule has 1 N–H and O–H groups in total. The fourth-order valence-corrected chi connectivity index (χ4v) is 3.39. The van der Waals surface area contributed by atoms with E-state index in [2.05, 4.69) is 20.6 Å². The van der Waals surface area contributed by atoms with Crippen molar-refractivity contribution in [1.29, 1.82) is 0 Å². The van der Waals surface area contributed by atoms with Crippen molar-refractivity contribution in [3.63, 3.8) is 0 Å². The molecular weight excluding hydrogens is 474 g/mol. The van der Waals surface area contributed by atoms with Gasteiger partial charge in [-0.3, -0.25) is 4.79 Å². The molecule has 4 aromatic rings. The van der Waals surface area contributed by atoms with Gasteiger partial charge in [0.2, 0.25) is 5.88 Å². The summed E-state index contributed by atoms with van der Waals surface area (Å²) in [5, 5.41) is 20.3. The van der Waals surface area contributed by atoms with Crippen LogP contribution in [0.4, 0.5) is 5.82 Å². The van der Waals surface area contributed by atoms with Crippen molar-refractivity contribution in [2.45, 2.75) is 20.4 Å². The van der Waals surface area contributed by atoms with E-state index in [1.807, 2.05) is 30.3 Å². The lowest BCUT2D eigenvalue weighted by Crippen LogP contribution is -2.24. The topological polar surface area (TPSA) is 129 Å². The van der Waals surface area contributed by atoms with Crippen LogP contribution in [0, 0.1) is 24.0 Å². The summed E-state index contributed by atoms with van der Waals surface area (Å²) >= 11 is 5.99. The number of para-hydroxylation sites is 1. The lowest BCUT2D eigenvalue weighted by molar-refractivity contribution is -0.392. The monoisotopic (exact) mass is 493 g/mol. The number of imidazole rings is 1. The number of amides is 1. The maximum Gasteiger partial charge on any atom is 0.343 e. The molecule has 0 saturated heterocycles. The largest absolute Gasteiger partial charge is 0.438 e. The summed E-state index contributed by atoms with van der Waals surface area (Å²) in [5.41, 5.74) is 4.30. The highest BCUT2D eigenvalue weighted by atomic mass is 35.5. The number of benzene rings is 2. The molecule has 2 heterocycles. The van der Waals surface area contributed by atoms with Gasteiger partial charge in [-0.05, 0) is 48.2 Å². The fourth-order valence-electron chi connectivity index (χ4n) is 3.27. The minimum atomic E-state index is -0.599. The number of nitro groups is 1. The quantitative estimate of drug-likeness (QED) is 0.222. The van der Waals surface area contributed by atoms with E-state index in [1.54, 1.807) is 42.8 Å². The van der Waals surface area contributed by atoms with E-state index in [9.17, 15) is 14.9 Å². The predicted octanol–water partition coefficient (Wildman–Crippen LogP) is 4.19. The van der Waals surface area contributed by atoms with Crippen LogP contribution in [-0.4, -0.2) is 36.4 Å². The molecule has 0 bridgehead atoms. The number of aromatic nitrogens is 4. The molecule has 0 atom stereocenters. The van der Waals surface area contributed by atoms with Crippen LogP contribution in [0.2, 0.25) is 5.02 Å². The Hall–Kier alpha value is -4.51. The number of carbonyl (C=O) groups is 1. The Morgan fingerprint density at radius 2 is 1.91 bits per heavy atom. The second-order valence-corrected chi connectivity index (χ2v) is 7.84. The van der Waals surface area contributed by atoms with Gasteiger partial charge in [-0.2, -0.15) is 14.9 Å². The Morgan fingerprint density at radius 1 is 1.20 bits per heavy atom. The van der Waals surface area contributed by atoms with E-state index in [0.717, 1.165) is 11.9 Å². The third-order valence-electron chi connectivity index (χ3n) is 5.00. The summed E-state index contributed by atoms with van der Waals surface area (Å²) in [6, 6.07) is 16.3. The van der Waals surface area contributed by atoms with E-state index in [1.165, 1.54) is 10.8 Å². The highest BCUT2D eigenvalue weighted by molar-refractivity contribution is 6.30. The summed E-state index contributed by atoms with van der Waals surface area (Å²) in [5.74, 6) is 0.427. The molecule has 0 aliphatic carbocycles. The molecule has 2 aromatic heterocycles. The molecule has 0 unspecified atom stereocenters. The van der Waals surface area contributed by atoms with Crippen LogP contribution in [0.15, 0.2) is 65.9 Å². The number of nitrogens with one attached hydrogen (secondary N) is 1. The van der Waals surface area contributed by atoms with Crippen LogP contribution < -0.4 is 10.2 Å². The molecule has 11 nitrogen and oxygen atoms in total. The van der Waals surface area contributed by atoms with Gasteiger partial charge in [0, 0.05) is 11.9 Å². The van der Waals surface area contributed by atoms with Gasteiger partial charge in [-0.15, -0.1) is 0 Å². The zero-order valence-corrected chi connectivity index (χ0v) is 19.5. The van der Waals surface area contributed by atoms with Crippen molar-refractivity contribution in [2.24, 2.45) is 5.10 Å². The number of nitrogens with zero attached hydrogens (tertiary/aromatic N) is 6. The van der Waals surface area contributed by atoms with Crippen molar-refractivity contribution in [1.82, 2.24) is 24.8 Å². The van der Waals surface area contributed by atoms with Crippen LogP contribution in [0.25, 0.3) is 5.69 Å². The lowest BCUT2D eigenvalue weighted by atomic mass is 10.2. The molecule has 2 aromatic carbocycles. The average molecular weight is 494 g/mol. The van der Waals surface area contributed by atoms with E-state index in [4.69, 9.17) is 16.3 Å². The summed E-state index contributed by atoms with van der Waals surface area (Å²) < 4.78 is 8.95. The van der Waals surface area contributed by atoms with E-state index in [-0.39, 0.29) is 12.4 Å². The molecule has 0 saturated carbocycles. The molecule has 0 fully saturated rings. The first-order valence-corrected chi connectivity index (χ1v) is 10.8. The van der Waals surface area contributed by atoms with E-state index < -0.39 is 10.8 Å². The molecule has 0 aliphatic heterocycles. The Kier molecular flexibility index (Phi) is 6.88. The van der Waals surface area contributed by atoms with Gasteiger partial charge in [0.05, 0.1) is 23.2 Å². The smallest absolute Gasteiger partial charge is 0.343 e. The maximum absolute atomic E-state index is 12.4.